The number of amides is 1. The minimum absolute atomic E-state index is 0.108. The average Bonchev–Trinajstić information content (AvgIpc) is 2.45. The van der Waals surface area contributed by atoms with Crippen LogP contribution in [0.5, 0.6) is 0 Å². The molecule has 0 aromatic carbocycles. The summed E-state index contributed by atoms with van der Waals surface area (Å²) in [4.78, 5) is 13.7. The largest absolute Gasteiger partial charge is 0.336 e. The Labute approximate surface area is 80.3 Å². The highest BCUT2D eigenvalue weighted by molar-refractivity contribution is 5.82. The van der Waals surface area contributed by atoms with Gasteiger partial charge in [-0.15, -0.1) is 0 Å². The van der Waals surface area contributed by atoms with Crippen LogP contribution in [0.15, 0.2) is 0 Å². The first-order chi connectivity index (χ1) is 6.07. The molecule has 76 valence electrons. The van der Waals surface area contributed by atoms with E-state index in [4.69, 9.17) is 5.73 Å². The zero-order valence-electron chi connectivity index (χ0n) is 8.79. The minimum atomic E-state index is -0.352. The summed E-state index contributed by atoms with van der Waals surface area (Å²) in [6.45, 7) is 6.00. The molecule has 1 aliphatic rings. The van der Waals surface area contributed by atoms with Crippen LogP contribution in [0.25, 0.3) is 0 Å². The number of carbonyl (C=O) groups excluding carboxylic acids is 1. The van der Waals surface area contributed by atoms with Crippen molar-refractivity contribution in [1.82, 2.24) is 4.90 Å². The molecule has 1 amide bonds. The lowest BCUT2D eigenvalue weighted by Gasteiger charge is -2.29. The van der Waals surface area contributed by atoms with E-state index in [1.165, 1.54) is 0 Å². The van der Waals surface area contributed by atoms with Gasteiger partial charge in [-0.3, -0.25) is 4.79 Å². The third-order valence-electron chi connectivity index (χ3n) is 2.90. The highest BCUT2D eigenvalue weighted by Gasteiger charge is 2.33. The summed E-state index contributed by atoms with van der Waals surface area (Å²) in [6.07, 6.45) is 3.30. The van der Waals surface area contributed by atoms with Crippen LogP contribution in [0.3, 0.4) is 0 Å². The molecule has 1 heterocycles. The predicted molar refractivity (Wildman–Crippen MR) is 53.3 cm³/mol. The zero-order chi connectivity index (χ0) is 10.0. The molecule has 0 saturated carbocycles. The Morgan fingerprint density at radius 1 is 1.62 bits per heavy atom. The normalized spacial score (nSPS) is 30.6. The van der Waals surface area contributed by atoms with Crippen LogP contribution in [0.4, 0.5) is 0 Å². The van der Waals surface area contributed by atoms with Gasteiger partial charge in [-0.2, -0.15) is 0 Å². The van der Waals surface area contributed by atoms with Crippen LogP contribution in [0, 0.1) is 0 Å². The van der Waals surface area contributed by atoms with E-state index < -0.39 is 0 Å². The van der Waals surface area contributed by atoms with Gasteiger partial charge in [0.2, 0.25) is 5.91 Å². The van der Waals surface area contributed by atoms with E-state index in [2.05, 4.69) is 13.8 Å². The third kappa shape index (κ3) is 2.02. The Morgan fingerprint density at radius 3 is 2.69 bits per heavy atom. The van der Waals surface area contributed by atoms with Crippen LogP contribution in [-0.4, -0.2) is 28.9 Å². The van der Waals surface area contributed by atoms with Crippen molar-refractivity contribution in [2.45, 2.75) is 58.2 Å². The molecule has 1 aliphatic heterocycles. The van der Waals surface area contributed by atoms with Crippen molar-refractivity contribution >= 4 is 5.91 Å². The van der Waals surface area contributed by atoms with Gasteiger partial charge in [-0.25, -0.2) is 0 Å². The van der Waals surface area contributed by atoms with Gasteiger partial charge in [0.1, 0.15) is 0 Å². The molecule has 1 fully saturated rings. The molecule has 2 N–H and O–H groups in total. The van der Waals surface area contributed by atoms with E-state index in [9.17, 15) is 4.79 Å². The second kappa shape index (κ2) is 4.09. The van der Waals surface area contributed by atoms with Crippen molar-refractivity contribution in [2.24, 2.45) is 5.73 Å². The quantitative estimate of drug-likeness (QED) is 0.699. The number of hydrogen-bond acceptors (Lipinski definition) is 2. The van der Waals surface area contributed by atoms with E-state index in [-0.39, 0.29) is 11.9 Å². The van der Waals surface area contributed by atoms with Crippen molar-refractivity contribution in [1.29, 1.82) is 0 Å². The second-order valence-corrected chi connectivity index (χ2v) is 4.02. The smallest absolute Gasteiger partial charge is 0.239 e. The summed E-state index contributed by atoms with van der Waals surface area (Å²) in [5.41, 5.74) is 5.60. The maximum atomic E-state index is 11.7. The van der Waals surface area contributed by atoms with Gasteiger partial charge in [0, 0.05) is 12.1 Å². The highest BCUT2D eigenvalue weighted by Crippen LogP contribution is 2.26. The Balaban J connectivity index is 2.69. The fourth-order valence-electron chi connectivity index (χ4n) is 2.10. The Hall–Kier alpha value is -0.570. The van der Waals surface area contributed by atoms with Crippen LogP contribution < -0.4 is 5.73 Å². The molecule has 0 spiro atoms. The molecule has 3 heteroatoms. The molecule has 0 radical (unpaired) electrons. The van der Waals surface area contributed by atoms with Gasteiger partial charge in [0.15, 0.2) is 0 Å². The van der Waals surface area contributed by atoms with E-state index in [1.807, 2.05) is 4.90 Å². The standard InChI is InChI=1S/C10H20N2O/c1-4-9-6-5-7(2)12(9)10(13)8(3)11/h7-9H,4-6,11H2,1-3H3/t7?,8-,9?/m0/s1. The van der Waals surface area contributed by atoms with Crippen molar-refractivity contribution in [3.8, 4) is 0 Å². The molecule has 0 aliphatic carbocycles. The van der Waals surface area contributed by atoms with Gasteiger partial charge in [0.05, 0.1) is 6.04 Å². The SMILES string of the molecule is CCC1CCC(C)N1C(=O)[C@H](C)N. The zero-order valence-corrected chi connectivity index (χ0v) is 8.79. The molecule has 1 saturated heterocycles. The number of nitrogens with two attached hydrogens (primary N) is 1. The summed E-state index contributed by atoms with van der Waals surface area (Å²) < 4.78 is 0. The second-order valence-electron chi connectivity index (χ2n) is 4.02. The predicted octanol–water partition coefficient (Wildman–Crippen LogP) is 1.12. The van der Waals surface area contributed by atoms with Crippen molar-refractivity contribution in [3.05, 3.63) is 0 Å². The van der Waals surface area contributed by atoms with Crippen molar-refractivity contribution in [3.63, 3.8) is 0 Å². The molecule has 2 unspecified atom stereocenters. The fraction of sp³-hybridized carbons (Fsp3) is 0.900. The van der Waals surface area contributed by atoms with Crippen LogP contribution in [0.2, 0.25) is 0 Å². The Bertz CT molecular complexity index is 191. The first kappa shape index (κ1) is 10.5. The lowest BCUT2D eigenvalue weighted by Crippen LogP contribution is -2.47. The first-order valence-corrected chi connectivity index (χ1v) is 5.15. The third-order valence-corrected chi connectivity index (χ3v) is 2.90. The minimum Gasteiger partial charge on any atom is -0.336 e. The molecule has 3 nitrogen and oxygen atoms in total. The summed E-state index contributed by atoms with van der Waals surface area (Å²) in [7, 11) is 0. The van der Waals surface area contributed by atoms with E-state index in [0.29, 0.717) is 12.1 Å². The monoisotopic (exact) mass is 184 g/mol. The lowest BCUT2D eigenvalue weighted by molar-refractivity contribution is -0.134. The average molecular weight is 184 g/mol. The summed E-state index contributed by atoms with van der Waals surface area (Å²) >= 11 is 0. The van der Waals surface area contributed by atoms with E-state index >= 15 is 0 Å². The van der Waals surface area contributed by atoms with Gasteiger partial charge in [-0.05, 0) is 33.1 Å². The Morgan fingerprint density at radius 2 is 2.23 bits per heavy atom. The van der Waals surface area contributed by atoms with Crippen LogP contribution >= 0.6 is 0 Å². The van der Waals surface area contributed by atoms with Gasteiger partial charge in [-0.1, -0.05) is 6.92 Å². The van der Waals surface area contributed by atoms with Gasteiger partial charge >= 0.3 is 0 Å². The first-order valence-electron chi connectivity index (χ1n) is 5.15. The maximum Gasteiger partial charge on any atom is 0.239 e. The molecule has 13 heavy (non-hydrogen) atoms. The number of carbonyl (C=O) groups is 1. The molecule has 0 aromatic heterocycles. The molecule has 0 bridgehead atoms. The van der Waals surface area contributed by atoms with Crippen LogP contribution in [0.1, 0.15) is 40.0 Å². The highest BCUT2D eigenvalue weighted by atomic mass is 16.2. The number of hydrogen-bond donors (Lipinski definition) is 1. The Kier molecular flexibility index (Phi) is 3.31. The molecule has 1 rings (SSSR count). The van der Waals surface area contributed by atoms with Crippen LogP contribution in [-0.2, 0) is 4.79 Å². The maximum absolute atomic E-state index is 11.7. The van der Waals surface area contributed by atoms with Crippen molar-refractivity contribution < 1.29 is 4.79 Å². The van der Waals surface area contributed by atoms with E-state index in [1.54, 1.807) is 6.92 Å². The van der Waals surface area contributed by atoms with E-state index in [0.717, 1.165) is 19.3 Å². The molecule has 0 aromatic rings. The number of likely N-dealkylation sites (tertiary alicyclic amines) is 1. The molecule has 3 atom stereocenters. The van der Waals surface area contributed by atoms with Gasteiger partial charge in [0.25, 0.3) is 0 Å². The topological polar surface area (TPSA) is 46.3 Å². The lowest BCUT2D eigenvalue weighted by atomic mass is 10.1. The number of rotatable bonds is 2. The van der Waals surface area contributed by atoms with Crippen molar-refractivity contribution in [2.75, 3.05) is 0 Å². The van der Waals surface area contributed by atoms with Gasteiger partial charge < -0.3 is 10.6 Å². The molecular formula is C10H20N2O. The summed E-state index contributed by atoms with van der Waals surface area (Å²) in [5, 5.41) is 0. The summed E-state index contributed by atoms with van der Waals surface area (Å²) in [5.74, 6) is 0.108. The fourth-order valence-corrected chi connectivity index (χ4v) is 2.10. The summed E-state index contributed by atoms with van der Waals surface area (Å²) in [6, 6.07) is 0.451. The number of nitrogens with zero attached hydrogens (tertiary/aromatic N) is 1. The molecular weight excluding hydrogens is 164 g/mol.